The van der Waals surface area contributed by atoms with E-state index in [1.165, 1.54) is 6.20 Å². The molecule has 0 atom stereocenters. The summed E-state index contributed by atoms with van der Waals surface area (Å²) >= 11 is 0. The maximum Gasteiger partial charge on any atom is 0.326 e. The molecular weight excluding hydrogens is 392 g/mol. The number of halogens is 2. The average molecular weight is 415 g/mol. The second-order valence-electron chi connectivity index (χ2n) is 7.66. The number of anilines is 1. The minimum atomic E-state index is -2.61. The van der Waals surface area contributed by atoms with Gasteiger partial charge in [0.15, 0.2) is 0 Å². The number of amides is 3. The lowest BCUT2D eigenvalue weighted by Gasteiger charge is -2.34. The van der Waals surface area contributed by atoms with Crippen molar-refractivity contribution < 1.29 is 18.4 Å². The number of urea groups is 1. The van der Waals surface area contributed by atoms with Crippen molar-refractivity contribution >= 4 is 17.8 Å². The van der Waals surface area contributed by atoms with Gasteiger partial charge in [0.1, 0.15) is 5.82 Å². The summed E-state index contributed by atoms with van der Waals surface area (Å²) in [6.45, 7) is 1.30. The molecule has 4 rings (SSSR count). The number of nitrogens with one attached hydrogen (secondary N) is 1. The second-order valence-corrected chi connectivity index (χ2v) is 7.66. The van der Waals surface area contributed by atoms with E-state index in [1.54, 1.807) is 40.4 Å². The number of aromatic nitrogens is 2. The Bertz CT molecular complexity index is 897. The van der Waals surface area contributed by atoms with Crippen molar-refractivity contribution in [3.63, 3.8) is 0 Å². The van der Waals surface area contributed by atoms with Crippen LogP contribution in [-0.2, 0) is 6.54 Å². The van der Waals surface area contributed by atoms with E-state index in [4.69, 9.17) is 0 Å². The van der Waals surface area contributed by atoms with Crippen molar-refractivity contribution in [1.29, 1.82) is 0 Å². The standard InChI is InChI=1S/C21H23F2N5O2/c22-21(23)7-5-17(6-8-21)27-10-11-28(20(27)30)18-4-3-15(12-25-18)13-26-19(29)16-2-1-9-24-14-16/h1-4,9,12,14,17H,5-8,10-11,13H2,(H,26,29). The summed E-state index contributed by atoms with van der Waals surface area (Å²) in [5, 5.41) is 2.80. The highest BCUT2D eigenvalue weighted by atomic mass is 19.3. The molecular formula is C21H23F2N5O2. The minimum absolute atomic E-state index is 0.135. The van der Waals surface area contributed by atoms with E-state index in [0.29, 0.717) is 43.9 Å². The van der Waals surface area contributed by atoms with Crippen molar-refractivity contribution in [1.82, 2.24) is 20.2 Å². The van der Waals surface area contributed by atoms with Crippen LogP contribution in [0.4, 0.5) is 19.4 Å². The Morgan fingerprint density at radius 1 is 1.17 bits per heavy atom. The zero-order valence-electron chi connectivity index (χ0n) is 16.4. The maximum atomic E-state index is 13.4. The topological polar surface area (TPSA) is 78.4 Å². The van der Waals surface area contributed by atoms with Crippen LogP contribution in [0.3, 0.4) is 0 Å². The number of pyridine rings is 2. The van der Waals surface area contributed by atoms with Crippen molar-refractivity contribution in [3.05, 3.63) is 54.0 Å². The molecule has 0 radical (unpaired) electrons. The van der Waals surface area contributed by atoms with Crippen molar-refractivity contribution in [2.24, 2.45) is 0 Å². The highest BCUT2D eigenvalue weighted by Crippen LogP contribution is 2.36. The van der Waals surface area contributed by atoms with Crippen molar-refractivity contribution in [2.45, 2.75) is 44.2 Å². The van der Waals surface area contributed by atoms with Crippen LogP contribution in [0.5, 0.6) is 0 Å². The molecule has 7 nitrogen and oxygen atoms in total. The highest BCUT2D eigenvalue weighted by Gasteiger charge is 2.41. The Morgan fingerprint density at radius 2 is 1.97 bits per heavy atom. The normalized spacial score (nSPS) is 19.2. The first-order valence-electron chi connectivity index (χ1n) is 10.0. The van der Waals surface area contributed by atoms with E-state index in [-0.39, 0.29) is 30.8 Å². The first-order chi connectivity index (χ1) is 14.4. The summed E-state index contributed by atoms with van der Waals surface area (Å²) in [5.74, 6) is -2.32. The summed E-state index contributed by atoms with van der Waals surface area (Å²) in [5.41, 5.74) is 1.28. The summed E-state index contributed by atoms with van der Waals surface area (Å²) < 4.78 is 26.8. The number of carbonyl (C=O) groups excluding carboxylic acids is 2. The molecule has 1 N–H and O–H groups in total. The molecule has 0 unspecified atom stereocenters. The molecule has 3 amide bonds. The SMILES string of the molecule is O=C(NCc1ccc(N2CCN(C3CCC(F)(F)CC3)C2=O)nc1)c1cccnc1. The maximum absolute atomic E-state index is 13.4. The molecule has 30 heavy (non-hydrogen) atoms. The lowest BCUT2D eigenvalue weighted by atomic mass is 9.91. The van der Waals surface area contributed by atoms with Crippen LogP contribution < -0.4 is 10.2 Å². The largest absolute Gasteiger partial charge is 0.348 e. The molecule has 2 aliphatic rings. The van der Waals surface area contributed by atoms with Gasteiger partial charge >= 0.3 is 6.03 Å². The third-order valence-electron chi connectivity index (χ3n) is 5.63. The molecule has 1 aliphatic heterocycles. The number of nitrogens with zero attached hydrogens (tertiary/aromatic N) is 4. The van der Waals surface area contributed by atoms with Gasteiger partial charge in [-0.15, -0.1) is 0 Å². The van der Waals surface area contributed by atoms with Gasteiger partial charge in [0.2, 0.25) is 5.92 Å². The number of hydrogen-bond donors (Lipinski definition) is 1. The number of hydrogen-bond acceptors (Lipinski definition) is 4. The molecule has 2 aromatic heterocycles. The lowest BCUT2D eigenvalue weighted by Crippen LogP contribution is -2.43. The van der Waals surface area contributed by atoms with Crippen molar-refractivity contribution in [3.8, 4) is 0 Å². The van der Waals surface area contributed by atoms with Gasteiger partial charge < -0.3 is 10.2 Å². The fourth-order valence-corrected chi connectivity index (χ4v) is 3.90. The fourth-order valence-electron chi connectivity index (χ4n) is 3.90. The third kappa shape index (κ3) is 4.39. The van der Waals surface area contributed by atoms with Crippen molar-refractivity contribution in [2.75, 3.05) is 18.0 Å². The van der Waals surface area contributed by atoms with Crippen LogP contribution in [0, 0.1) is 0 Å². The van der Waals surface area contributed by atoms with Gasteiger partial charge in [0, 0.05) is 57.1 Å². The molecule has 1 saturated carbocycles. The van der Waals surface area contributed by atoms with Crippen LogP contribution in [0.15, 0.2) is 42.9 Å². The summed E-state index contributed by atoms with van der Waals surface area (Å²) in [7, 11) is 0. The van der Waals surface area contributed by atoms with E-state index in [9.17, 15) is 18.4 Å². The molecule has 2 aromatic rings. The Labute approximate surface area is 173 Å². The number of carbonyl (C=O) groups is 2. The summed E-state index contributed by atoms with van der Waals surface area (Å²) in [6.07, 6.45) is 5.04. The Hall–Kier alpha value is -3.10. The first kappa shape index (κ1) is 20.2. The van der Waals surface area contributed by atoms with Gasteiger partial charge in [-0.3, -0.25) is 14.7 Å². The van der Waals surface area contributed by atoms with E-state index in [2.05, 4.69) is 15.3 Å². The fraction of sp³-hybridized carbons (Fsp3) is 0.429. The van der Waals surface area contributed by atoms with Gasteiger partial charge in [0.25, 0.3) is 5.91 Å². The summed E-state index contributed by atoms with van der Waals surface area (Å²) in [4.78, 5) is 36.4. The van der Waals surface area contributed by atoms with Gasteiger partial charge in [-0.05, 0) is 36.6 Å². The van der Waals surface area contributed by atoms with E-state index in [1.807, 2.05) is 6.07 Å². The molecule has 158 valence electrons. The van der Waals surface area contributed by atoms with E-state index in [0.717, 1.165) is 5.56 Å². The van der Waals surface area contributed by atoms with Crippen LogP contribution in [-0.4, -0.2) is 51.9 Å². The predicted octanol–water partition coefficient (Wildman–Crippen LogP) is 3.23. The van der Waals surface area contributed by atoms with Gasteiger partial charge in [0.05, 0.1) is 5.56 Å². The number of rotatable bonds is 5. The minimum Gasteiger partial charge on any atom is -0.348 e. The van der Waals surface area contributed by atoms with E-state index >= 15 is 0 Å². The smallest absolute Gasteiger partial charge is 0.326 e. The quantitative estimate of drug-likeness (QED) is 0.813. The molecule has 0 bridgehead atoms. The highest BCUT2D eigenvalue weighted by molar-refractivity contribution is 5.94. The number of alkyl halides is 2. The molecule has 1 aliphatic carbocycles. The molecule has 0 aromatic carbocycles. The van der Waals surface area contributed by atoms with Crippen LogP contribution in [0.2, 0.25) is 0 Å². The Balaban J connectivity index is 1.33. The first-order valence-corrected chi connectivity index (χ1v) is 10.0. The van der Waals surface area contributed by atoms with Gasteiger partial charge in [-0.1, -0.05) is 6.07 Å². The van der Waals surface area contributed by atoms with Gasteiger partial charge in [-0.2, -0.15) is 0 Å². The third-order valence-corrected chi connectivity index (χ3v) is 5.63. The van der Waals surface area contributed by atoms with E-state index < -0.39 is 5.92 Å². The molecule has 9 heteroatoms. The zero-order chi connectivity index (χ0) is 21.1. The molecule has 2 fully saturated rings. The monoisotopic (exact) mass is 415 g/mol. The van der Waals surface area contributed by atoms with Crippen LogP contribution in [0.25, 0.3) is 0 Å². The Kier molecular flexibility index (Phi) is 5.61. The lowest BCUT2D eigenvalue weighted by molar-refractivity contribution is -0.0481. The zero-order valence-corrected chi connectivity index (χ0v) is 16.4. The van der Waals surface area contributed by atoms with Crippen LogP contribution in [0.1, 0.15) is 41.6 Å². The average Bonchev–Trinajstić information content (AvgIpc) is 3.14. The summed E-state index contributed by atoms with van der Waals surface area (Å²) in [6, 6.07) is 6.60. The predicted molar refractivity (Wildman–Crippen MR) is 106 cm³/mol. The second kappa shape index (κ2) is 8.33. The molecule has 1 saturated heterocycles. The molecule has 3 heterocycles. The molecule has 0 spiro atoms. The van der Waals surface area contributed by atoms with Crippen LogP contribution >= 0.6 is 0 Å². The Morgan fingerprint density at radius 3 is 2.63 bits per heavy atom. The van der Waals surface area contributed by atoms with Gasteiger partial charge in [-0.25, -0.2) is 18.6 Å².